The number of carbonyl (C=O) groups is 2. The number of fused-ring (bicyclic) bond motifs is 1. The largest absolute Gasteiger partial charge is 0.293 e. The molecule has 1 aliphatic carbocycles. The van der Waals surface area contributed by atoms with Crippen molar-refractivity contribution in [2.75, 3.05) is 0 Å². The van der Waals surface area contributed by atoms with Crippen LogP contribution in [0.3, 0.4) is 0 Å². The van der Waals surface area contributed by atoms with E-state index in [1.165, 1.54) is 12.4 Å². The standard InChI is InChI=1S/C14H9NO2/c16-13-10-6-7-15-8-11(10)14(17)12(13)9-4-2-1-3-5-9/h1-8,12H. The number of nitrogens with zero attached hydrogens (tertiary/aromatic N) is 1. The number of Topliss-reactive ketones (excluding diaryl/α,β-unsaturated/α-hetero) is 2. The van der Waals surface area contributed by atoms with Gasteiger partial charge in [0.15, 0.2) is 11.6 Å². The molecule has 0 saturated carbocycles. The van der Waals surface area contributed by atoms with Gasteiger partial charge in [0.25, 0.3) is 0 Å². The van der Waals surface area contributed by atoms with Crippen LogP contribution < -0.4 is 0 Å². The fourth-order valence-electron chi connectivity index (χ4n) is 2.18. The number of ketones is 2. The average molecular weight is 223 g/mol. The Morgan fingerprint density at radius 3 is 2.29 bits per heavy atom. The molecule has 17 heavy (non-hydrogen) atoms. The maximum atomic E-state index is 12.2. The molecule has 0 radical (unpaired) electrons. The quantitative estimate of drug-likeness (QED) is 0.696. The van der Waals surface area contributed by atoms with Crippen molar-refractivity contribution in [1.82, 2.24) is 4.98 Å². The second kappa shape index (κ2) is 3.63. The van der Waals surface area contributed by atoms with Gasteiger partial charge < -0.3 is 0 Å². The molecule has 1 aromatic heterocycles. The number of hydrogen-bond acceptors (Lipinski definition) is 3. The maximum Gasteiger partial charge on any atom is 0.180 e. The first-order valence-electron chi connectivity index (χ1n) is 5.36. The molecule has 0 saturated heterocycles. The molecule has 2 aromatic rings. The van der Waals surface area contributed by atoms with Crippen LogP contribution in [0.1, 0.15) is 32.2 Å². The topological polar surface area (TPSA) is 47.0 Å². The summed E-state index contributed by atoms with van der Waals surface area (Å²) in [7, 11) is 0. The van der Waals surface area contributed by atoms with Crippen LogP contribution in [-0.4, -0.2) is 16.6 Å². The Morgan fingerprint density at radius 2 is 1.59 bits per heavy atom. The lowest BCUT2D eigenvalue weighted by Crippen LogP contribution is -2.12. The Kier molecular flexibility index (Phi) is 2.11. The smallest absolute Gasteiger partial charge is 0.180 e. The van der Waals surface area contributed by atoms with Crippen molar-refractivity contribution in [3.8, 4) is 0 Å². The second-order valence-electron chi connectivity index (χ2n) is 3.99. The van der Waals surface area contributed by atoms with E-state index in [-0.39, 0.29) is 11.6 Å². The van der Waals surface area contributed by atoms with Crippen molar-refractivity contribution in [2.24, 2.45) is 0 Å². The lowest BCUT2D eigenvalue weighted by molar-refractivity contribution is 0.0890. The van der Waals surface area contributed by atoms with E-state index in [4.69, 9.17) is 0 Å². The van der Waals surface area contributed by atoms with Crippen LogP contribution in [0.5, 0.6) is 0 Å². The van der Waals surface area contributed by atoms with Gasteiger partial charge in [0, 0.05) is 23.5 Å². The Hall–Kier alpha value is -2.29. The van der Waals surface area contributed by atoms with E-state index < -0.39 is 5.92 Å². The number of rotatable bonds is 1. The van der Waals surface area contributed by atoms with E-state index >= 15 is 0 Å². The molecule has 1 aromatic carbocycles. The first kappa shape index (κ1) is 9.90. The van der Waals surface area contributed by atoms with Gasteiger partial charge in [-0.05, 0) is 11.6 Å². The maximum absolute atomic E-state index is 12.2. The van der Waals surface area contributed by atoms with E-state index in [1.807, 2.05) is 18.2 Å². The highest BCUT2D eigenvalue weighted by atomic mass is 16.2. The number of pyridine rings is 1. The molecule has 0 amide bonds. The SMILES string of the molecule is O=C1c2ccncc2C(=O)C1c1ccccc1. The molecule has 0 bridgehead atoms. The zero-order valence-electron chi connectivity index (χ0n) is 8.96. The summed E-state index contributed by atoms with van der Waals surface area (Å²) < 4.78 is 0. The summed E-state index contributed by atoms with van der Waals surface area (Å²) >= 11 is 0. The van der Waals surface area contributed by atoms with Crippen molar-refractivity contribution in [3.63, 3.8) is 0 Å². The zero-order valence-corrected chi connectivity index (χ0v) is 8.96. The molecule has 0 fully saturated rings. The van der Waals surface area contributed by atoms with Gasteiger partial charge >= 0.3 is 0 Å². The van der Waals surface area contributed by atoms with E-state index in [0.29, 0.717) is 11.1 Å². The number of benzene rings is 1. The van der Waals surface area contributed by atoms with Gasteiger partial charge in [-0.2, -0.15) is 0 Å². The fraction of sp³-hybridized carbons (Fsp3) is 0.0714. The van der Waals surface area contributed by atoms with Gasteiger partial charge in [0.1, 0.15) is 5.92 Å². The third-order valence-electron chi connectivity index (χ3n) is 3.01. The lowest BCUT2D eigenvalue weighted by Gasteiger charge is -2.05. The highest BCUT2D eigenvalue weighted by Crippen LogP contribution is 2.33. The summed E-state index contributed by atoms with van der Waals surface area (Å²) in [5.41, 5.74) is 1.67. The predicted octanol–water partition coefficient (Wildman–Crippen LogP) is 2.24. The van der Waals surface area contributed by atoms with Gasteiger partial charge in [0.2, 0.25) is 0 Å². The van der Waals surface area contributed by atoms with Crippen molar-refractivity contribution in [2.45, 2.75) is 5.92 Å². The van der Waals surface area contributed by atoms with Crippen LogP contribution in [-0.2, 0) is 0 Å². The molecule has 0 spiro atoms. The van der Waals surface area contributed by atoms with Crippen molar-refractivity contribution in [1.29, 1.82) is 0 Å². The normalized spacial score (nSPS) is 18.2. The molecular weight excluding hydrogens is 214 g/mol. The first-order chi connectivity index (χ1) is 8.29. The molecule has 3 nitrogen and oxygen atoms in total. The molecule has 3 heteroatoms. The third-order valence-corrected chi connectivity index (χ3v) is 3.01. The van der Waals surface area contributed by atoms with Crippen molar-refractivity contribution < 1.29 is 9.59 Å². The Labute approximate surface area is 98.1 Å². The summed E-state index contributed by atoms with van der Waals surface area (Å²) in [5, 5.41) is 0. The Balaban J connectivity index is 2.13. The van der Waals surface area contributed by atoms with Gasteiger partial charge in [0.05, 0.1) is 0 Å². The molecule has 0 N–H and O–H groups in total. The summed E-state index contributed by atoms with van der Waals surface area (Å²) in [6.07, 6.45) is 3.01. The lowest BCUT2D eigenvalue weighted by atomic mass is 9.94. The van der Waals surface area contributed by atoms with Crippen LogP contribution in [0, 0.1) is 0 Å². The van der Waals surface area contributed by atoms with Gasteiger partial charge in [-0.25, -0.2) is 0 Å². The fourth-order valence-corrected chi connectivity index (χ4v) is 2.18. The highest BCUT2D eigenvalue weighted by molar-refractivity contribution is 6.29. The summed E-state index contributed by atoms with van der Waals surface area (Å²) in [6.45, 7) is 0. The van der Waals surface area contributed by atoms with E-state index in [0.717, 1.165) is 5.56 Å². The van der Waals surface area contributed by atoms with Crippen LogP contribution in [0.15, 0.2) is 48.8 Å². The number of aromatic nitrogens is 1. The molecule has 1 aliphatic rings. The Bertz CT molecular complexity index is 570. The van der Waals surface area contributed by atoms with E-state index in [1.54, 1.807) is 18.2 Å². The summed E-state index contributed by atoms with van der Waals surface area (Å²) in [6, 6.07) is 10.7. The molecule has 3 rings (SSSR count). The summed E-state index contributed by atoms with van der Waals surface area (Å²) in [5.74, 6) is -0.960. The van der Waals surface area contributed by atoms with E-state index in [2.05, 4.69) is 4.98 Å². The number of hydrogen-bond donors (Lipinski definition) is 0. The summed E-state index contributed by atoms with van der Waals surface area (Å²) in [4.78, 5) is 28.2. The van der Waals surface area contributed by atoms with E-state index in [9.17, 15) is 9.59 Å². The van der Waals surface area contributed by atoms with Crippen molar-refractivity contribution in [3.05, 3.63) is 65.5 Å². The molecule has 1 atom stereocenters. The predicted molar refractivity (Wildman–Crippen MR) is 62.1 cm³/mol. The molecular formula is C14H9NO2. The zero-order chi connectivity index (χ0) is 11.8. The van der Waals surface area contributed by atoms with Gasteiger partial charge in [-0.1, -0.05) is 30.3 Å². The van der Waals surface area contributed by atoms with Crippen LogP contribution in [0.2, 0.25) is 0 Å². The molecule has 1 unspecified atom stereocenters. The molecule has 82 valence electrons. The minimum atomic E-state index is -0.685. The first-order valence-corrected chi connectivity index (χ1v) is 5.36. The van der Waals surface area contributed by atoms with Crippen LogP contribution in [0.4, 0.5) is 0 Å². The molecule has 0 aliphatic heterocycles. The van der Waals surface area contributed by atoms with Crippen LogP contribution in [0.25, 0.3) is 0 Å². The highest BCUT2D eigenvalue weighted by Gasteiger charge is 2.39. The number of carbonyl (C=O) groups excluding carboxylic acids is 2. The Morgan fingerprint density at radius 1 is 0.882 bits per heavy atom. The van der Waals surface area contributed by atoms with Crippen LogP contribution >= 0.6 is 0 Å². The van der Waals surface area contributed by atoms with Gasteiger partial charge in [-0.3, -0.25) is 14.6 Å². The minimum Gasteiger partial charge on any atom is -0.293 e. The third kappa shape index (κ3) is 1.40. The van der Waals surface area contributed by atoms with Gasteiger partial charge in [-0.15, -0.1) is 0 Å². The van der Waals surface area contributed by atoms with Crippen molar-refractivity contribution >= 4 is 11.6 Å². The molecule has 1 heterocycles. The minimum absolute atomic E-state index is 0.126. The average Bonchev–Trinajstić information content (AvgIpc) is 2.64. The monoisotopic (exact) mass is 223 g/mol. The second-order valence-corrected chi connectivity index (χ2v) is 3.99.